The minimum atomic E-state index is -0.450. The average Bonchev–Trinajstić information content (AvgIpc) is 2.93. The summed E-state index contributed by atoms with van der Waals surface area (Å²) in [5.74, 6) is 5.93. The molecule has 0 radical (unpaired) electrons. The predicted octanol–water partition coefficient (Wildman–Crippen LogP) is 3.74. The van der Waals surface area contributed by atoms with Crippen molar-refractivity contribution in [2.45, 2.75) is 64.4 Å². The number of carbonyl (C=O) groups excluding carboxylic acids is 1. The molecular weight excluding hydrogens is 284 g/mol. The van der Waals surface area contributed by atoms with Gasteiger partial charge in [-0.05, 0) is 74.2 Å². The third-order valence-electron chi connectivity index (χ3n) is 7.90. The van der Waals surface area contributed by atoms with Crippen LogP contribution in [0.5, 0.6) is 0 Å². The van der Waals surface area contributed by atoms with Crippen LogP contribution in [0, 0.1) is 47.3 Å². The van der Waals surface area contributed by atoms with Gasteiger partial charge in [0.2, 0.25) is 0 Å². The fourth-order valence-corrected chi connectivity index (χ4v) is 7.00. The van der Waals surface area contributed by atoms with Crippen molar-refractivity contribution < 1.29 is 9.90 Å². The predicted molar refractivity (Wildman–Crippen MR) is 90.4 cm³/mol. The molecule has 0 spiro atoms. The zero-order chi connectivity index (χ0) is 16.2. The molecule has 0 amide bonds. The summed E-state index contributed by atoms with van der Waals surface area (Å²) in [7, 11) is 0. The number of hydrogen-bond donors (Lipinski definition) is 1. The smallest absolute Gasteiger partial charge is 0.158 e. The number of aliphatic hydroxyl groups is 1. The summed E-state index contributed by atoms with van der Waals surface area (Å²) < 4.78 is 0. The van der Waals surface area contributed by atoms with Gasteiger partial charge in [0.1, 0.15) is 0 Å². The van der Waals surface area contributed by atoms with Crippen molar-refractivity contribution in [2.24, 2.45) is 35.0 Å². The maximum Gasteiger partial charge on any atom is 0.158 e. The van der Waals surface area contributed by atoms with Crippen molar-refractivity contribution >= 4 is 5.78 Å². The second kappa shape index (κ2) is 5.49. The lowest BCUT2D eigenvalue weighted by Crippen LogP contribution is -2.50. The van der Waals surface area contributed by atoms with Crippen LogP contribution in [0.3, 0.4) is 0 Å². The van der Waals surface area contributed by atoms with Crippen LogP contribution in [0.25, 0.3) is 0 Å². The third kappa shape index (κ3) is 2.09. The maximum absolute atomic E-state index is 11.8. The Bertz CT molecular complexity index is 583. The normalized spacial score (nSPS) is 48.7. The fraction of sp³-hybridized carbons (Fsp3) is 0.762. The highest BCUT2D eigenvalue weighted by atomic mass is 16.3. The number of hydrogen-bond acceptors (Lipinski definition) is 2. The van der Waals surface area contributed by atoms with E-state index in [0.29, 0.717) is 29.6 Å². The molecule has 124 valence electrons. The van der Waals surface area contributed by atoms with Gasteiger partial charge in [-0.2, -0.15) is 0 Å². The Hall–Kier alpha value is -1.07. The molecular formula is C21H28O2. The van der Waals surface area contributed by atoms with Gasteiger partial charge in [0.25, 0.3) is 0 Å². The summed E-state index contributed by atoms with van der Waals surface area (Å²) in [5.41, 5.74) is 1.59. The number of rotatable bonds is 1. The fourth-order valence-electron chi connectivity index (χ4n) is 7.00. The van der Waals surface area contributed by atoms with Crippen LogP contribution in [0.2, 0.25) is 0 Å². The summed E-state index contributed by atoms with van der Waals surface area (Å²) in [4.78, 5) is 11.8. The first-order chi connectivity index (χ1) is 11.1. The number of aliphatic hydroxyl groups excluding tert-OH is 1. The summed E-state index contributed by atoms with van der Waals surface area (Å²) in [5, 5.41) is 10.6. The monoisotopic (exact) mass is 312 g/mol. The Labute approximate surface area is 139 Å². The van der Waals surface area contributed by atoms with Crippen LogP contribution in [-0.2, 0) is 4.79 Å². The summed E-state index contributed by atoms with van der Waals surface area (Å²) in [6, 6.07) is 0. The topological polar surface area (TPSA) is 37.3 Å². The van der Waals surface area contributed by atoms with Gasteiger partial charge < -0.3 is 5.11 Å². The van der Waals surface area contributed by atoms with Crippen molar-refractivity contribution in [3.05, 3.63) is 11.6 Å². The molecule has 0 aromatic carbocycles. The molecule has 2 nitrogen and oxygen atoms in total. The minimum absolute atomic E-state index is 0.120. The van der Waals surface area contributed by atoms with Crippen LogP contribution in [0.15, 0.2) is 11.6 Å². The van der Waals surface area contributed by atoms with Crippen LogP contribution in [0.4, 0.5) is 0 Å². The third-order valence-corrected chi connectivity index (χ3v) is 7.90. The quantitative estimate of drug-likeness (QED) is 0.749. The second-order valence-corrected chi connectivity index (χ2v) is 8.38. The van der Waals surface area contributed by atoms with Crippen LogP contribution in [0.1, 0.15) is 58.3 Å². The van der Waals surface area contributed by atoms with Gasteiger partial charge in [0, 0.05) is 18.3 Å². The molecule has 0 heterocycles. The van der Waals surface area contributed by atoms with Crippen molar-refractivity contribution in [3.8, 4) is 12.3 Å². The Morgan fingerprint density at radius 2 is 2.13 bits per heavy atom. The van der Waals surface area contributed by atoms with Crippen LogP contribution in [-0.4, -0.2) is 17.0 Å². The van der Waals surface area contributed by atoms with Crippen LogP contribution < -0.4 is 0 Å². The number of ketones is 1. The lowest BCUT2D eigenvalue weighted by Gasteiger charge is -2.55. The van der Waals surface area contributed by atoms with Gasteiger partial charge in [0.05, 0.1) is 6.10 Å². The largest absolute Gasteiger partial charge is 0.392 e. The molecule has 23 heavy (non-hydrogen) atoms. The SMILES string of the molecule is C#C[C@@H]1CC[C@H]2[C@@H]3CCC4=CC(=O)CC(O)[C@@H]4[C@H]3CC[C@]12CC. The highest BCUT2D eigenvalue weighted by Gasteiger charge is 2.58. The molecule has 4 aliphatic rings. The average molecular weight is 312 g/mol. The molecule has 0 aliphatic heterocycles. The first-order valence-corrected chi connectivity index (χ1v) is 9.48. The van der Waals surface area contributed by atoms with Crippen molar-refractivity contribution in [1.29, 1.82) is 0 Å². The lowest BCUT2D eigenvalue weighted by molar-refractivity contribution is -0.120. The summed E-state index contributed by atoms with van der Waals surface area (Å²) >= 11 is 0. The Kier molecular flexibility index (Phi) is 3.69. The molecule has 7 atom stereocenters. The highest BCUT2D eigenvalue weighted by Crippen LogP contribution is 2.64. The van der Waals surface area contributed by atoms with Gasteiger partial charge >= 0.3 is 0 Å². The van der Waals surface area contributed by atoms with E-state index in [2.05, 4.69) is 12.8 Å². The molecule has 3 fully saturated rings. The van der Waals surface area contributed by atoms with E-state index in [1.54, 1.807) is 0 Å². The summed E-state index contributed by atoms with van der Waals surface area (Å²) in [6.07, 6.45) is 15.9. The molecule has 0 aromatic heterocycles. The standard InChI is InChI=1S/C21H28O2/c1-3-14-6-8-18-16-7-5-13-11-15(22)12-19(23)20(13)17(16)9-10-21(14,18)4-2/h1,11,14,16-20,23H,4-10,12H2,2H3/t14-,16-,17+,18+,19?,20+,21-/m1/s1. The van der Waals surface area contributed by atoms with Crippen molar-refractivity contribution in [3.63, 3.8) is 0 Å². The molecule has 1 N–H and O–H groups in total. The Balaban J connectivity index is 1.67. The number of fused-ring (bicyclic) bond motifs is 5. The molecule has 4 rings (SSSR count). The molecule has 2 heteroatoms. The van der Waals surface area contributed by atoms with E-state index in [1.165, 1.54) is 44.1 Å². The molecule has 0 aromatic rings. The Morgan fingerprint density at radius 1 is 1.30 bits per heavy atom. The van der Waals surface area contributed by atoms with E-state index in [0.717, 1.165) is 12.3 Å². The Morgan fingerprint density at radius 3 is 2.87 bits per heavy atom. The van der Waals surface area contributed by atoms with Crippen LogP contribution >= 0.6 is 0 Å². The lowest BCUT2D eigenvalue weighted by atomic mass is 9.50. The first kappa shape index (κ1) is 15.5. The zero-order valence-electron chi connectivity index (χ0n) is 14.1. The molecule has 0 bridgehead atoms. The van der Waals surface area contributed by atoms with Crippen molar-refractivity contribution in [2.75, 3.05) is 0 Å². The molecule has 0 saturated heterocycles. The van der Waals surface area contributed by atoms with Gasteiger partial charge in [-0.15, -0.1) is 12.3 Å². The maximum atomic E-state index is 11.8. The van der Waals surface area contributed by atoms with E-state index in [4.69, 9.17) is 6.42 Å². The molecule has 1 unspecified atom stereocenters. The van der Waals surface area contributed by atoms with E-state index >= 15 is 0 Å². The number of carbonyl (C=O) groups is 1. The number of terminal acetylenes is 1. The summed E-state index contributed by atoms with van der Waals surface area (Å²) in [6.45, 7) is 2.32. The van der Waals surface area contributed by atoms with E-state index in [1.807, 2.05) is 6.08 Å². The van der Waals surface area contributed by atoms with E-state index < -0.39 is 6.10 Å². The second-order valence-electron chi connectivity index (χ2n) is 8.38. The van der Waals surface area contributed by atoms with Gasteiger partial charge in [-0.1, -0.05) is 12.5 Å². The highest BCUT2D eigenvalue weighted by molar-refractivity contribution is 5.92. The van der Waals surface area contributed by atoms with E-state index in [-0.39, 0.29) is 11.7 Å². The van der Waals surface area contributed by atoms with Crippen molar-refractivity contribution in [1.82, 2.24) is 0 Å². The van der Waals surface area contributed by atoms with Gasteiger partial charge in [0.15, 0.2) is 5.78 Å². The van der Waals surface area contributed by atoms with Gasteiger partial charge in [-0.25, -0.2) is 0 Å². The minimum Gasteiger partial charge on any atom is -0.392 e. The van der Waals surface area contributed by atoms with Gasteiger partial charge in [-0.3, -0.25) is 4.79 Å². The van der Waals surface area contributed by atoms with E-state index in [9.17, 15) is 9.90 Å². The molecule has 4 aliphatic carbocycles. The molecule has 3 saturated carbocycles. The zero-order valence-corrected chi connectivity index (χ0v) is 14.1. The first-order valence-electron chi connectivity index (χ1n) is 9.48.